The second kappa shape index (κ2) is 8.89. The summed E-state index contributed by atoms with van der Waals surface area (Å²) in [5.41, 5.74) is 2.90. The zero-order valence-corrected chi connectivity index (χ0v) is 15.7. The standard InChI is InChI=1S/C20H20NO5P/c22-19(21-12-6-11-18(21)20(23)24)14-27(25)26-13-16-9-4-5-10-17(16)15-7-2-1-3-8-15/h1-5,7-10,18H,6,11-14H2/p+1/t18-/m0/s1. The molecule has 2 aromatic rings. The molecule has 1 amide bonds. The van der Waals surface area contributed by atoms with Crippen LogP contribution in [0.1, 0.15) is 18.4 Å². The molecule has 1 heterocycles. The Kier molecular flexibility index (Phi) is 6.32. The van der Waals surface area contributed by atoms with Crippen LogP contribution in [0.4, 0.5) is 0 Å². The summed E-state index contributed by atoms with van der Waals surface area (Å²) in [7, 11) is -2.21. The molecule has 0 spiro atoms. The Balaban J connectivity index is 1.60. The lowest BCUT2D eigenvalue weighted by Gasteiger charge is -2.18. The third-order valence-electron chi connectivity index (χ3n) is 4.59. The van der Waals surface area contributed by atoms with Gasteiger partial charge in [-0.2, -0.15) is 0 Å². The molecule has 6 nitrogen and oxygen atoms in total. The first-order valence-corrected chi connectivity index (χ1v) is 10.2. The van der Waals surface area contributed by atoms with Gasteiger partial charge in [0.1, 0.15) is 12.6 Å². The lowest BCUT2D eigenvalue weighted by Crippen LogP contribution is -2.41. The maximum Gasteiger partial charge on any atom is 0.518 e. The molecule has 0 bridgehead atoms. The van der Waals surface area contributed by atoms with Crippen molar-refractivity contribution < 1.29 is 23.8 Å². The minimum Gasteiger partial charge on any atom is -0.480 e. The lowest BCUT2D eigenvalue weighted by atomic mass is 10.0. The molecule has 1 unspecified atom stereocenters. The fourth-order valence-electron chi connectivity index (χ4n) is 3.26. The van der Waals surface area contributed by atoms with Gasteiger partial charge in [0, 0.05) is 6.54 Å². The first-order chi connectivity index (χ1) is 13.1. The van der Waals surface area contributed by atoms with Gasteiger partial charge in [-0.05, 0) is 34.1 Å². The van der Waals surface area contributed by atoms with Crippen LogP contribution in [0.5, 0.6) is 0 Å². The highest BCUT2D eigenvalue weighted by Gasteiger charge is 2.37. The highest BCUT2D eigenvalue weighted by atomic mass is 31.1. The van der Waals surface area contributed by atoms with Gasteiger partial charge in [0.25, 0.3) is 12.1 Å². The Morgan fingerprint density at radius 2 is 1.81 bits per heavy atom. The van der Waals surface area contributed by atoms with Gasteiger partial charge in [-0.1, -0.05) is 54.6 Å². The van der Waals surface area contributed by atoms with Gasteiger partial charge in [0.15, 0.2) is 0 Å². The number of hydrogen-bond donors (Lipinski definition) is 1. The molecular weight excluding hydrogens is 365 g/mol. The molecule has 0 aliphatic carbocycles. The summed E-state index contributed by atoms with van der Waals surface area (Å²) in [5.74, 6) is -1.45. The average molecular weight is 386 g/mol. The number of likely N-dealkylation sites (tertiary alicyclic amines) is 1. The number of carboxylic acids is 1. The van der Waals surface area contributed by atoms with E-state index in [1.807, 2.05) is 54.6 Å². The maximum atomic E-state index is 12.3. The molecule has 1 fully saturated rings. The van der Waals surface area contributed by atoms with E-state index in [2.05, 4.69) is 0 Å². The number of carbonyl (C=O) groups excluding carboxylic acids is 1. The van der Waals surface area contributed by atoms with E-state index in [9.17, 15) is 14.2 Å². The number of amides is 1. The van der Waals surface area contributed by atoms with Crippen molar-refractivity contribution in [3.63, 3.8) is 0 Å². The molecule has 0 radical (unpaired) electrons. The summed E-state index contributed by atoms with van der Waals surface area (Å²) >= 11 is 0. The van der Waals surface area contributed by atoms with Crippen LogP contribution in [0.15, 0.2) is 54.6 Å². The Morgan fingerprint density at radius 3 is 2.56 bits per heavy atom. The van der Waals surface area contributed by atoms with Crippen molar-refractivity contribution in [2.75, 3.05) is 12.7 Å². The Bertz CT molecular complexity index is 839. The number of nitrogens with zero attached hydrogens (tertiary/aromatic N) is 1. The van der Waals surface area contributed by atoms with Gasteiger partial charge in [-0.25, -0.2) is 4.79 Å². The molecule has 0 saturated carbocycles. The van der Waals surface area contributed by atoms with Crippen LogP contribution in [0.3, 0.4) is 0 Å². The molecule has 27 heavy (non-hydrogen) atoms. The van der Waals surface area contributed by atoms with Crippen LogP contribution < -0.4 is 0 Å². The lowest BCUT2D eigenvalue weighted by molar-refractivity contribution is -0.147. The SMILES string of the molecule is O=C(O)[C@@H]1CCCN1C(=O)C[P+](=O)OCc1ccccc1-c1ccccc1. The topological polar surface area (TPSA) is 83.9 Å². The van der Waals surface area contributed by atoms with E-state index in [0.717, 1.165) is 16.7 Å². The van der Waals surface area contributed by atoms with Crippen LogP contribution in [0.25, 0.3) is 11.1 Å². The van der Waals surface area contributed by atoms with Crippen molar-refractivity contribution in [1.29, 1.82) is 0 Å². The molecule has 1 saturated heterocycles. The van der Waals surface area contributed by atoms with E-state index in [4.69, 9.17) is 9.63 Å². The molecule has 1 N–H and O–H groups in total. The normalized spacial score (nSPS) is 17.0. The van der Waals surface area contributed by atoms with E-state index in [1.165, 1.54) is 4.90 Å². The van der Waals surface area contributed by atoms with Gasteiger partial charge >= 0.3 is 14.0 Å². The fraction of sp³-hybridized carbons (Fsp3) is 0.300. The quantitative estimate of drug-likeness (QED) is 0.734. The Labute approximate surface area is 158 Å². The Hall–Kier alpha value is -2.56. The van der Waals surface area contributed by atoms with Crippen LogP contribution in [0, 0.1) is 0 Å². The van der Waals surface area contributed by atoms with Crippen LogP contribution in [0.2, 0.25) is 0 Å². The summed E-state index contributed by atoms with van der Waals surface area (Å²) in [6, 6.07) is 16.7. The van der Waals surface area contributed by atoms with Crippen molar-refractivity contribution >= 4 is 19.9 Å². The first-order valence-electron chi connectivity index (χ1n) is 8.79. The number of rotatable bonds is 7. The maximum absolute atomic E-state index is 12.3. The van der Waals surface area contributed by atoms with E-state index >= 15 is 0 Å². The minimum absolute atomic E-state index is 0.121. The van der Waals surface area contributed by atoms with Crippen LogP contribution in [-0.4, -0.2) is 40.6 Å². The second-order valence-electron chi connectivity index (χ2n) is 6.37. The Morgan fingerprint density at radius 1 is 1.11 bits per heavy atom. The average Bonchev–Trinajstić information content (AvgIpc) is 3.18. The molecule has 2 atom stereocenters. The highest BCUT2D eigenvalue weighted by Crippen LogP contribution is 2.30. The number of carbonyl (C=O) groups is 2. The number of carboxylic acid groups (broad SMARTS) is 1. The zero-order valence-electron chi connectivity index (χ0n) is 14.8. The van der Waals surface area contributed by atoms with Gasteiger partial charge < -0.3 is 10.0 Å². The van der Waals surface area contributed by atoms with E-state index < -0.39 is 25.9 Å². The molecular formula is C20H21NO5P+. The van der Waals surface area contributed by atoms with Crippen molar-refractivity contribution in [2.24, 2.45) is 0 Å². The predicted molar refractivity (Wildman–Crippen MR) is 102 cm³/mol. The zero-order chi connectivity index (χ0) is 19.2. The van der Waals surface area contributed by atoms with Gasteiger partial charge in [-0.3, -0.25) is 4.79 Å². The summed E-state index contributed by atoms with van der Waals surface area (Å²) in [4.78, 5) is 24.7. The smallest absolute Gasteiger partial charge is 0.480 e. The van der Waals surface area contributed by atoms with Crippen molar-refractivity contribution in [1.82, 2.24) is 4.90 Å². The molecule has 2 aromatic carbocycles. The summed E-state index contributed by atoms with van der Waals surface area (Å²) < 4.78 is 17.7. The third kappa shape index (κ3) is 4.79. The predicted octanol–water partition coefficient (Wildman–Crippen LogP) is 3.69. The summed E-state index contributed by atoms with van der Waals surface area (Å²) in [6.45, 7) is 0.506. The molecule has 1 aliphatic heterocycles. The first kappa shape index (κ1) is 19.2. The van der Waals surface area contributed by atoms with E-state index in [1.54, 1.807) is 0 Å². The number of hydrogen-bond acceptors (Lipinski definition) is 4. The molecule has 140 valence electrons. The summed E-state index contributed by atoms with van der Waals surface area (Å²) in [6.07, 6.45) is 0.778. The fourth-order valence-corrected chi connectivity index (χ4v) is 4.03. The molecule has 3 rings (SSSR count). The van der Waals surface area contributed by atoms with Crippen molar-refractivity contribution in [3.05, 3.63) is 60.2 Å². The van der Waals surface area contributed by atoms with E-state index in [-0.39, 0.29) is 12.8 Å². The number of benzene rings is 2. The monoisotopic (exact) mass is 386 g/mol. The molecule has 7 heteroatoms. The summed E-state index contributed by atoms with van der Waals surface area (Å²) in [5, 5.41) is 9.16. The van der Waals surface area contributed by atoms with Gasteiger partial charge in [0.2, 0.25) is 0 Å². The van der Waals surface area contributed by atoms with Gasteiger partial charge in [0.05, 0.1) is 0 Å². The second-order valence-corrected chi connectivity index (χ2v) is 7.61. The van der Waals surface area contributed by atoms with Gasteiger partial charge in [-0.15, -0.1) is 4.52 Å². The van der Waals surface area contributed by atoms with Crippen LogP contribution in [-0.2, 0) is 25.3 Å². The molecule has 0 aromatic heterocycles. The minimum atomic E-state index is -2.21. The number of aliphatic carboxylic acids is 1. The van der Waals surface area contributed by atoms with Crippen molar-refractivity contribution in [2.45, 2.75) is 25.5 Å². The van der Waals surface area contributed by atoms with Crippen molar-refractivity contribution in [3.8, 4) is 11.1 Å². The van der Waals surface area contributed by atoms with Crippen LogP contribution >= 0.6 is 8.03 Å². The third-order valence-corrected chi connectivity index (χ3v) is 5.53. The molecule has 1 aliphatic rings. The highest BCUT2D eigenvalue weighted by molar-refractivity contribution is 7.40. The largest absolute Gasteiger partial charge is 0.518 e. The van der Waals surface area contributed by atoms with E-state index in [0.29, 0.717) is 19.4 Å².